The highest BCUT2D eigenvalue weighted by Crippen LogP contribution is 2.11. The number of nitrogens with zero attached hydrogens (tertiary/aromatic N) is 4. The van der Waals surface area contributed by atoms with E-state index in [0.717, 1.165) is 5.56 Å². The predicted molar refractivity (Wildman–Crippen MR) is 91.1 cm³/mol. The maximum atomic E-state index is 12.1. The van der Waals surface area contributed by atoms with E-state index < -0.39 is 4.92 Å². The molecule has 0 fully saturated rings. The van der Waals surface area contributed by atoms with E-state index in [1.54, 1.807) is 24.3 Å². The van der Waals surface area contributed by atoms with Crippen LogP contribution < -0.4 is 11.2 Å². The molecule has 1 aromatic heterocycles. The van der Waals surface area contributed by atoms with Crippen LogP contribution in [0.5, 0.6) is 0 Å². The summed E-state index contributed by atoms with van der Waals surface area (Å²) in [6, 6.07) is 6.80. The molecule has 2 aromatic rings. The van der Waals surface area contributed by atoms with Gasteiger partial charge in [0.05, 0.1) is 11.5 Å². The van der Waals surface area contributed by atoms with Gasteiger partial charge in [-0.2, -0.15) is 5.10 Å². The number of hydrogen-bond acceptors (Lipinski definition) is 5. The first-order valence-electron chi connectivity index (χ1n) is 7.04. The summed E-state index contributed by atoms with van der Waals surface area (Å²) in [7, 11) is 0. The summed E-state index contributed by atoms with van der Waals surface area (Å²) in [4.78, 5) is 22.2. The van der Waals surface area contributed by atoms with Gasteiger partial charge in [0, 0.05) is 12.1 Å². The van der Waals surface area contributed by atoms with Crippen LogP contribution >= 0.6 is 12.2 Å². The van der Waals surface area contributed by atoms with Crippen molar-refractivity contribution in [3.8, 4) is 0 Å². The third-order valence-corrected chi connectivity index (χ3v) is 3.43. The van der Waals surface area contributed by atoms with Gasteiger partial charge in [0.2, 0.25) is 0 Å². The van der Waals surface area contributed by atoms with Gasteiger partial charge in [-0.15, -0.1) is 0 Å². The van der Waals surface area contributed by atoms with Gasteiger partial charge in [0.15, 0.2) is 5.11 Å². The monoisotopic (exact) mass is 348 g/mol. The lowest BCUT2D eigenvalue weighted by molar-refractivity contribution is -0.385. The summed E-state index contributed by atoms with van der Waals surface area (Å²) in [5.74, 6) is -0.328. The maximum Gasteiger partial charge on any atom is 0.307 e. The van der Waals surface area contributed by atoms with E-state index in [9.17, 15) is 14.9 Å². The van der Waals surface area contributed by atoms with Crippen molar-refractivity contribution in [3.63, 3.8) is 0 Å². The number of carbonyl (C=O) groups is 1. The Morgan fingerprint density at radius 1 is 1.46 bits per heavy atom. The summed E-state index contributed by atoms with van der Waals surface area (Å²) >= 11 is 4.83. The fourth-order valence-corrected chi connectivity index (χ4v) is 2.13. The van der Waals surface area contributed by atoms with Crippen molar-refractivity contribution in [1.29, 1.82) is 0 Å². The second-order valence-corrected chi connectivity index (χ2v) is 5.29. The van der Waals surface area contributed by atoms with Crippen LogP contribution in [0.2, 0.25) is 0 Å². The molecule has 0 atom stereocenters. The third-order valence-electron chi connectivity index (χ3n) is 3.21. The first-order chi connectivity index (χ1) is 11.4. The SMILES string of the molecule is CCN(NC(=O)c1ccc(Cn2cc([N+](=O)[O-])cn2)cc1)C(N)=S. The lowest BCUT2D eigenvalue weighted by atomic mass is 10.1. The highest BCUT2D eigenvalue weighted by atomic mass is 32.1. The van der Waals surface area contributed by atoms with E-state index in [1.807, 2.05) is 6.92 Å². The molecule has 10 heteroatoms. The van der Waals surface area contributed by atoms with Gasteiger partial charge in [-0.3, -0.25) is 30.0 Å². The quantitative estimate of drug-likeness (QED) is 0.471. The molecule has 0 aliphatic carbocycles. The van der Waals surface area contributed by atoms with E-state index in [0.29, 0.717) is 18.7 Å². The minimum absolute atomic E-state index is 0.0663. The van der Waals surface area contributed by atoms with Gasteiger partial charge in [0.1, 0.15) is 12.4 Å². The summed E-state index contributed by atoms with van der Waals surface area (Å²) in [5.41, 5.74) is 9.33. The van der Waals surface area contributed by atoms with Gasteiger partial charge in [-0.25, -0.2) is 0 Å². The minimum Gasteiger partial charge on any atom is -0.375 e. The van der Waals surface area contributed by atoms with Crippen LogP contribution in [0.25, 0.3) is 0 Å². The largest absolute Gasteiger partial charge is 0.375 e. The molecule has 1 aromatic carbocycles. The van der Waals surface area contributed by atoms with Gasteiger partial charge in [0.25, 0.3) is 5.91 Å². The van der Waals surface area contributed by atoms with Gasteiger partial charge >= 0.3 is 5.69 Å². The molecule has 1 amide bonds. The molecule has 2 rings (SSSR count). The Bertz CT molecular complexity index is 758. The van der Waals surface area contributed by atoms with Crippen molar-refractivity contribution in [2.75, 3.05) is 6.54 Å². The van der Waals surface area contributed by atoms with E-state index >= 15 is 0 Å². The molecular formula is C14H16N6O3S. The number of nitrogens with one attached hydrogen (secondary N) is 1. The fourth-order valence-electron chi connectivity index (χ4n) is 1.96. The zero-order valence-electron chi connectivity index (χ0n) is 12.9. The van der Waals surface area contributed by atoms with Crippen LogP contribution in [-0.2, 0) is 6.54 Å². The number of rotatable bonds is 5. The molecule has 0 radical (unpaired) electrons. The van der Waals surface area contributed by atoms with Crippen molar-refractivity contribution in [1.82, 2.24) is 20.2 Å². The third kappa shape index (κ3) is 4.26. The van der Waals surface area contributed by atoms with Crippen molar-refractivity contribution in [3.05, 3.63) is 57.9 Å². The van der Waals surface area contributed by atoms with Gasteiger partial charge in [-0.1, -0.05) is 12.1 Å². The molecule has 0 aliphatic rings. The van der Waals surface area contributed by atoms with Crippen LogP contribution in [-0.4, -0.2) is 37.3 Å². The Hall–Kier alpha value is -3.01. The normalized spacial score (nSPS) is 10.2. The lowest BCUT2D eigenvalue weighted by Gasteiger charge is -2.21. The van der Waals surface area contributed by atoms with E-state index in [1.165, 1.54) is 22.1 Å². The van der Waals surface area contributed by atoms with Crippen LogP contribution in [0.4, 0.5) is 5.69 Å². The summed E-state index contributed by atoms with van der Waals surface area (Å²) in [6.07, 6.45) is 2.54. The Kier molecular flexibility index (Phi) is 5.42. The first kappa shape index (κ1) is 17.3. The van der Waals surface area contributed by atoms with Crippen molar-refractivity contribution in [2.24, 2.45) is 5.73 Å². The number of aromatic nitrogens is 2. The molecule has 0 bridgehead atoms. The Labute approximate surface area is 143 Å². The average Bonchev–Trinajstić information content (AvgIpc) is 3.01. The molecule has 0 unspecified atom stereocenters. The smallest absolute Gasteiger partial charge is 0.307 e. The molecule has 24 heavy (non-hydrogen) atoms. The molecular weight excluding hydrogens is 332 g/mol. The first-order valence-corrected chi connectivity index (χ1v) is 7.45. The molecule has 9 nitrogen and oxygen atoms in total. The number of nitrogens with two attached hydrogens (primary N) is 1. The summed E-state index contributed by atoms with van der Waals surface area (Å²) in [5, 5.41) is 16.0. The number of amides is 1. The Morgan fingerprint density at radius 2 is 2.12 bits per heavy atom. The van der Waals surface area contributed by atoms with Crippen molar-refractivity contribution in [2.45, 2.75) is 13.5 Å². The average molecular weight is 348 g/mol. The topological polar surface area (TPSA) is 119 Å². The van der Waals surface area contributed by atoms with E-state index in [-0.39, 0.29) is 16.7 Å². The zero-order chi connectivity index (χ0) is 17.7. The molecule has 0 aliphatic heterocycles. The number of hydrazine groups is 1. The number of nitro groups is 1. The Morgan fingerprint density at radius 3 is 2.62 bits per heavy atom. The zero-order valence-corrected chi connectivity index (χ0v) is 13.7. The Balaban J connectivity index is 2.02. The number of hydrogen-bond donors (Lipinski definition) is 2. The highest BCUT2D eigenvalue weighted by Gasteiger charge is 2.12. The standard InChI is InChI=1S/C14H16N6O3S/c1-2-19(14(15)24)17-13(21)11-5-3-10(4-6-11)8-18-9-12(7-16-18)20(22)23/h3-7,9H,2,8H2,1H3,(H2,15,24)(H,17,21). The number of benzene rings is 1. The maximum absolute atomic E-state index is 12.1. The van der Waals surface area contributed by atoms with Crippen LogP contribution in [0, 0.1) is 10.1 Å². The predicted octanol–water partition coefficient (Wildman–Crippen LogP) is 1.05. The summed E-state index contributed by atoms with van der Waals surface area (Å²) < 4.78 is 1.46. The van der Waals surface area contributed by atoms with Crippen LogP contribution in [0.15, 0.2) is 36.7 Å². The lowest BCUT2D eigenvalue weighted by Crippen LogP contribution is -2.48. The number of carbonyl (C=O) groups excluding carboxylic acids is 1. The highest BCUT2D eigenvalue weighted by molar-refractivity contribution is 7.80. The number of thiocarbonyl (C=S) groups is 1. The van der Waals surface area contributed by atoms with Crippen LogP contribution in [0.3, 0.4) is 0 Å². The van der Waals surface area contributed by atoms with Crippen LogP contribution in [0.1, 0.15) is 22.8 Å². The molecule has 0 spiro atoms. The summed E-state index contributed by atoms with van der Waals surface area (Å²) in [6.45, 7) is 2.63. The second-order valence-electron chi connectivity index (χ2n) is 4.87. The van der Waals surface area contributed by atoms with Crippen molar-refractivity contribution >= 4 is 28.9 Å². The van der Waals surface area contributed by atoms with Gasteiger partial charge < -0.3 is 5.73 Å². The molecule has 0 saturated carbocycles. The molecule has 126 valence electrons. The molecule has 0 saturated heterocycles. The molecule has 3 N–H and O–H groups in total. The van der Waals surface area contributed by atoms with Crippen molar-refractivity contribution < 1.29 is 9.72 Å². The second kappa shape index (κ2) is 7.51. The fraction of sp³-hybridized carbons (Fsp3) is 0.214. The van der Waals surface area contributed by atoms with E-state index in [2.05, 4.69) is 10.5 Å². The minimum atomic E-state index is -0.502. The van der Waals surface area contributed by atoms with E-state index in [4.69, 9.17) is 18.0 Å². The van der Waals surface area contributed by atoms with Gasteiger partial charge in [-0.05, 0) is 36.8 Å². The molecule has 1 heterocycles.